The van der Waals surface area contributed by atoms with Crippen molar-refractivity contribution >= 4 is 21.1 Å². The van der Waals surface area contributed by atoms with Crippen LogP contribution in [0.15, 0.2) is 41.3 Å². The van der Waals surface area contributed by atoms with Crippen LogP contribution < -0.4 is 0 Å². The summed E-state index contributed by atoms with van der Waals surface area (Å²) in [4.78, 5) is 8.59. The van der Waals surface area contributed by atoms with Crippen molar-refractivity contribution in [2.75, 3.05) is 13.1 Å². The number of hydrogen-bond donors (Lipinski definition) is 1. The van der Waals surface area contributed by atoms with Gasteiger partial charge in [0.25, 0.3) is 0 Å². The number of imidazole rings is 1. The van der Waals surface area contributed by atoms with Gasteiger partial charge in [0, 0.05) is 19.0 Å². The Hall–Kier alpha value is -2.18. The third-order valence-corrected chi connectivity index (χ3v) is 7.53. The highest BCUT2D eigenvalue weighted by molar-refractivity contribution is 7.89. The lowest BCUT2D eigenvalue weighted by Gasteiger charge is -2.30. The summed E-state index contributed by atoms with van der Waals surface area (Å²) in [5, 5.41) is 0. The number of rotatable bonds is 3. The SMILES string of the molecule is Cc1ccc(S(=O)(=O)N2CCC(c3nc4cc(C)c(C)cc4[nH]3)CC2)cc1. The molecule has 27 heavy (non-hydrogen) atoms. The van der Waals surface area contributed by atoms with E-state index in [1.165, 1.54) is 11.1 Å². The zero-order chi connectivity index (χ0) is 19.2. The molecule has 1 aromatic heterocycles. The Balaban J connectivity index is 1.51. The van der Waals surface area contributed by atoms with E-state index in [0.717, 1.165) is 35.3 Å². The molecule has 5 nitrogen and oxygen atoms in total. The van der Waals surface area contributed by atoms with Gasteiger partial charge < -0.3 is 4.98 Å². The van der Waals surface area contributed by atoms with Crippen LogP contribution in [0.25, 0.3) is 11.0 Å². The summed E-state index contributed by atoms with van der Waals surface area (Å²) in [6, 6.07) is 11.3. The zero-order valence-corrected chi connectivity index (χ0v) is 16.8. The van der Waals surface area contributed by atoms with E-state index in [-0.39, 0.29) is 5.92 Å². The van der Waals surface area contributed by atoms with Crippen LogP contribution in [0.4, 0.5) is 0 Å². The van der Waals surface area contributed by atoms with Crippen molar-refractivity contribution < 1.29 is 8.42 Å². The fourth-order valence-electron chi connectivity index (χ4n) is 3.71. The number of benzene rings is 2. The number of nitrogens with one attached hydrogen (secondary N) is 1. The molecule has 0 saturated carbocycles. The van der Waals surface area contributed by atoms with Crippen molar-refractivity contribution in [1.29, 1.82) is 0 Å². The Labute approximate surface area is 160 Å². The first-order valence-electron chi connectivity index (χ1n) is 9.38. The predicted molar refractivity (Wildman–Crippen MR) is 107 cm³/mol. The number of hydrogen-bond acceptors (Lipinski definition) is 3. The van der Waals surface area contributed by atoms with Gasteiger partial charge in [0.15, 0.2) is 0 Å². The molecule has 2 aromatic carbocycles. The smallest absolute Gasteiger partial charge is 0.243 e. The van der Waals surface area contributed by atoms with Gasteiger partial charge in [-0.3, -0.25) is 0 Å². The summed E-state index contributed by atoms with van der Waals surface area (Å²) in [5.41, 5.74) is 5.59. The molecule has 1 aliphatic rings. The van der Waals surface area contributed by atoms with Crippen LogP contribution in [0, 0.1) is 20.8 Å². The summed E-state index contributed by atoms with van der Waals surface area (Å²) in [6.07, 6.45) is 1.56. The van der Waals surface area contributed by atoms with E-state index in [0.29, 0.717) is 18.0 Å². The van der Waals surface area contributed by atoms with Gasteiger partial charge in [0.05, 0.1) is 15.9 Å². The minimum absolute atomic E-state index is 0.266. The predicted octanol–water partition coefficient (Wildman–Crippen LogP) is 4.06. The largest absolute Gasteiger partial charge is 0.342 e. The number of aryl methyl sites for hydroxylation is 3. The molecule has 0 spiro atoms. The van der Waals surface area contributed by atoms with E-state index in [1.807, 2.05) is 19.1 Å². The molecule has 1 saturated heterocycles. The maximum atomic E-state index is 12.9. The molecule has 6 heteroatoms. The van der Waals surface area contributed by atoms with Crippen LogP contribution in [-0.4, -0.2) is 35.8 Å². The highest BCUT2D eigenvalue weighted by Gasteiger charge is 2.31. The summed E-state index contributed by atoms with van der Waals surface area (Å²) < 4.78 is 27.3. The van der Waals surface area contributed by atoms with Gasteiger partial charge in [-0.25, -0.2) is 13.4 Å². The van der Waals surface area contributed by atoms with Crippen LogP contribution in [0.5, 0.6) is 0 Å². The quantitative estimate of drug-likeness (QED) is 0.742. The lowest BCUT2D eigenvalue weighted by Crippen LogP contribution is -2.38. The van der Waals surface area contributed by atoms with Crippen molar-refractivity contribution in [2.45, 2.75) is 44.4 Å². The molecule has 142 valence electrons. The third-order valence-electron chi connectivity index (χ3n) is 5.62. The molecular formula is C21H25N3O2S. The second-order valence-corrected chi connectivity index (χ2v) is 9.51. The minimum Gasteiger partial charge on any atom is -0.342 e. The molecule has 0 unspecified atom stereocenters. The van der Waals surface area contributed by atoms with Gasteiger partial charge >= 0.3 is 0 Å². The fraction of sp³-hybridized carbons (Fsp3) is 0.381. The maximum Gasteiger partial charge on any atom is 0.243 e. The number of sulfonamides is 1. The van der Waals surface area contributed by atoms with Crippen molar-refractivity contribution in [3.63, 3.8) is 0 Å². The highest BCUT2D eigenvalue weighted by Crippen LogP contribution is 2.31. The van der Waals surface area contributed by atoms with Gasteiger partial charge in [0.1, 0.15) is 5.82 Å². The minimum atomic E-state index is -3.42. The molecule has 1 N–H and O–H groups in total. The molecule has 0 atom stereocenters. The van der Waals surface area contributed by atoms with Crippen LogP contribution in [0.1, 0.15) is 41.3 Å². The normalized spacial score (nSPS) is 16.9. The average Bonchev–Trinajstić information content (AvgIpc) is 3.05. The average molecular weight is 384 g/mol. The Morgan fingerprint density at radius 2 is 1.63 bits per heavy atom. The maximum absolute atomic E-state index is 12.9. The summed E-state index contributed by atoms with van der Waals surface area (Å²) in [5.74, 6) is 1.24. The summed E-state index contributed by atoms with van der Waals surface area (Å²) >= 11 is 0. The molecular weight excluding hydrogens is 358 g/mol. The summed E-state index contributed by atoms with van der Waals surface area (Å²) in [6.45, 7) is 7.20. The van der Waals surface area contributed by atoms with Crippen molar-refractivity contribution in [3.05, 3.63) is 58.9 Å². The number of aromatic nitrogens is 2. The molecule has 0 aliphatic carbocycles. The van der Waals surface area contributed by atoms with Crippen LogP contribution in [-0.2, 0) is 10.0 Å². The lowest BCUT2D eigenvalue weighted by molar-refractivity contribution is 0.314. The van der Waals surface area contributed by atoms with Gasteiger partial charge in [-0.1, -0.05) is 17.7 Å². The third kappa shape index (κ3) is 3.39. The van der Waals surface area contributed by atoms with Crippen LogP contribution >= 0.6 is 0 Å². The first-order valence-corrected chi connectivity index (χ1v) is 10.8. The Morgan fingerprint density at radius 1 is 1.00 bits per heavy atom. The Morgan fingerprint density at radius 3 is 2.30 bits per heavy atom. The van der Waals surface area contributed by atoms with Crippen molar-refractivity contribution in [2.24, 2.45) is 0 Å². The number of piperidine rings is 1. The fourth-order valence-corrected chi connectivity index (χ4v) is 5.18. The number of nitrogens with zero attached hydrogens (tertiary/aromatic N) is 2. The molecule has 0 radical (unpaired) electrons. The van der Waals surface area contributed by atoms with Gasteiger partial charge in [-0.05, 0) is 69.0 Å². The number of H-pyrrole nitrogens is 1. The van der Waals surface area contributed by atoms with E-state index in [2.05, 4.69) is 31.0 Å². The van der Waals surface area contributed by atoms with Gasteiger partial charge in [-0.15, -0.1) is 0 Å². The lowest BCUT2D eigenvalue weighted by atomic mass is 9.97. The molecule has 4 rings (SSSR count). The first-order chi connectivity index (χ1) is 12.8. The van der Waals surface area contributed by atoms with Gasteiger partial charge in [0.2, 0.25) is 10.0 Å². The van der Waals surface area contributed by atoms with E-state index in [9.17, 15) is 8.42 Å². The molecule has 3 aromatic rings. The molecule has 1 fully saturated rings. The topological polar surface area (TPSA) is 66.1 Å². The van der Waals surface area contributed by atoms with E-state index < -0.39 is 10.0 Å². The molecule has 0 amide bonds. The molecule has 1 aliphatic heterocycles. The molecule has 0 bridgehead atoms. The monoisotopic (exact) mass is 383 g/mol. The highest BCUT2D eigenvalue weighted by atomic mass is 32.2. The van der Waals surface area contributed by atoms with Crippen molar-refractivity contribution in [1.82, 2.24) is 14.3 Å². The van der Waals surface area contributed by atoms with Crippen LogP contribution in [0.2, 0.25) is 0 Å². The Kier molecular flexibility index (Phi) is 4.56. The second-order valence-electron chi connectivity index (χ2n) is 7.57. The van der Waals surface area contributed by atoms with Gasteiger partial charge in [-0.2, -0.15) is 4.31 Å². The zero-order valence-electron chi connectivity index (χ0n) is 16.0. The van der Waals surface area contributed by atoms with E-state index >= 15 is 0 Å². The number of aromatic amines is 1. The standard InChI is InChI=1S/C21H25N3O2S/c1-14-4-6-18(7-5-14)27(25,26)24-10-8-17(9-11-24)21-22-19-12-15(2)16(3)13-20(19)23-21/h4-7,12-13,17H,8-11H2,1-3H3,(H,22,23). The van der Waals surface area contributed by atoms with E-state index in [4.69, 9.17) is 4.98 Å². The summed E-state index contributed by atoms with van der Waals surface area (Å²) in [7, 11) is -3.42. The molecule has 2 heterocycles. The Bertz CT molecular complexity index is 1040. The second kappa shape index (κ2) is 6.77. The van der Waals surface area contributed by atoms with Crippen LogP contribution in [0.3, 0.4) is 0 Å². The van der Waals surface area contributed by atoms with Crippen molar-refractivity contribution in [3.8, 4) is 0 Å². The first kappa shape index (κ1) is 18.2. The number of fused-ring (bicyclic) bond motifs is 1. The van der Waals surface area contributed by atoms with E-state index in [1.54, 1.807) is 16.4 Å².